The molecular weight excluding hydrogens is 388 g/mol. The van der Waals surface area contributed by atoms with Gasteiger partial charge >= 0.3 is 0 Å². The van der Waals surface area contributed by atoms with Crippen LogP contribution in [-0.4, -0.2) is 44.9 Å². The lowest BCUT2D eigenvalue weighted by molar-refractivity contribution is 0.00839. The summed E-state index contributed by atoms with van der Waals surface area (Å²) in [4.78, 5) is 5.42. The van der Waals surface area contributed by atoms with Crippen LogP contribution in [0.1, 0.15) is 11.5 Å². The fraction of sp³-hybridized carbons (Fsp3) is 0.250. The minimum atomic E-state index is 0.453. The third-order valence-electron chi connectivity index (χ3n) is 5.03. The smallest absolute Gasteiger partial charge is 0.153 e. The summed E-state index contributed by atoms with van der Waals surface area (Å²) in [7, 11) is 3.58. The van der Waals surface area contributed by atoms with Crippen molar-refractivity contribution in [3.8, 4) is 11.6 Å². The van der Waals surface area contributed by atoms with E-state index in [4.69, 9.17) is 9.47 Å². The standard InChI is InChI=1S/C20H20N6O2S/c1-25-20-14(8-22-25)3-4-17(27-2)19(20)24-29-16-9-23-26(10-16)18-7-13(5-6-21-18)15-11-28-12-15/h3-10,15,24H,11-12H2,1-2H3. The van der Waals surface area contributed by atoms with Gasteiger partial charge in [-0.05, 0) is 41.8 Å². The summed E-state index contributed by atoms with van der Waals surface area (Å²) in [5, 5.41) is 9.86. The van der Waals surface area contributed by atoms with Gasteiger partial charge in [0.2, 0.25) is 0 Å². The van der Waals surface area contributed by atoms with Crippen LogP contribution < -0.4 is 9.46 Å². The Morgan fingerprint density at radius 2 is 2.10 bits per heavy atom. The summed E-state index contributed by atoms with van der Waals surface area (Å²) >= 11 is 1.47. The van der Waals surface area contributed by atoms with Crippen molar-refractivity contribution >= 4 is 28.5 Å². The number of pyridine rings is 1. The first kappa shape index (κ1) is 18.0. The molecule has 29 heavy (non-hydrogen) atoms. The Kier molecular flexibility index (Phi) is 4.61. The van der Waals surface area contributed by atoms with Gasteiger partial charge in [-0.2, -0.15) is 10.2 Å². The third-order valence-corrected chi connectivity index (χ3v) is 5.78. The van der Waals surface area contributed by atoms with E-state index in [1.165, 1.54) is 17.5 Å². The van der Waals surface area contributed by atoms with Gasteiger partial charge < -0.3 is 14.2 Å². The van der Waals surface area contributed by atoms with E-state index in [2.05, 4.69) is 26.0 Å². The zero-order chi connectivity index (χ0) is 19.8. The van der Waals surface area contributed by atoms with E-state index in [1.807, 2.05) is 54.7 Å². The van der Waals surface area contributed by atoms with Crippen molar-refractivity contribution in [3.63, 3.8) is 0 Å². The molecule has 0 radical (unpaired) electrons. The molecule has 0 saturated carbocycles. The Balaban J connectivity index is 1.38. The SMILES string of the molecule is COc1ccc2cnn(C)c2c1NSc1cnn(-c2cc(C3COC3)ccn2)c1. The van der Waals surface area contributed by atoms with Gasteiger partial charge in [0.05, 0.1) is 43.1 Å². The molecule has 1 aliphatic heterocycles. The predicted molar refractivity (Wildman–Crippen MR) is 112 cm³/mol. The normalized spacial score (nSPS) is 14.1. The average Bonchev–Trinajstić information content (AvgIpc) is 3.32. The number of aryl methyl sites for hydroxylation is 1. The summed E-state index contributed by atoms with van der Waals surface area (Å²) in [5.74, 6) is 2.01. The number of ether oxygens (including phenoxy) is 2. The molecule has 0 spiro atoms. The van der Waals surface area contributed by atoms with Crippen LogP contribution in [0, 0.1) is 0 Å². The van der Waals surface area contributed by atoms with Crippen molar-refractivity contribution in [2.24, 2.45) is 7.05 Å². The van der Waals surface area contributed by atoms with Crippen LogP contribution in [0.4, 0.5) is 5.69 Å². The molecule has 0 aliphatic carbocycles. The summed E-state index contributed by atoms with van der Waals surface area (Å²) in [6.07, 6.45) is 7.43. The molecule has 0 atom stereocenters. The van der Waals surface area contributed by atoms with Crippen molar-refractivity contribution in [1.29, 1.82) is 0 Å². The largest absolute Gasteiger partial charge is 0.494 e. The van der Waals surface area contributed by atoms with Crippen molar-refractivity contribution in [3.05, 3.63) is 54.6 Å². The fourth-order valence-corrected chi connectivity index (χ4v) is 4.02. The molecule has 1 N–H and O–H groups in total. The molecule has 3 aromatic heterocycles. The fourth-order valence-electron chi connectivity index (χ4n) is 3.35. The zero-order valence-electron chi connectivity index (χ0n) is 16.1. The third kappa shape index (κ3) is 3.32. The molecule has 1 aliphatic rings. The Morgan fingerprint density at radius 3 is 2.90 bits per heavy atom. The maximum absolute atomic E-state index is 5.53. The molecule has 4 heterocycles. The lowest BCUT2D eigenvalue weighted by Gasteiger charge is -2.26. The van der Waals surface area contributed by atoms with E-state index >= 15 is 0 Å². The van der Waals surface area contributed by atoms with Crippen LogP contribution in [0.5, 0.6) is 5.75 Å². The molecule has 8 nitrogen and oxygen atoms in total. The summed E-state index contributed by atoms with van der Waals surface area (Å²) in [6.45, 7) is 1.55. The highest BCUT2D eigenvalue weighted by Crippen LogP contribution is 2.36. The first-order valence-electron chi connectivity index (χ1n) is 9.23. The monoisotopic (exact) mass is 408 g/mol. The van der Waals surface area contributed by atoms with Crippen LogP contribution in [-0.2, 0) is 11.8 Å². The van der Waals surface area contributed by atoms with E-state index in [0.29, 0.717) is 5.92 Å². The van der Waals surface area contributed by atoms with Crippen molar-refractivity contribution in [1.82, 2.24) is 24.5 Å². The molecule has 1 aromatic carbocycles. The number of benzene rings is 1. The van der Waals surface area contributed by atoms with Crippen molar-refractivity contribution < 1.29 is 9.47 Å². The Labute approximate surface area is 172 Å². The van der Waals surface area contributed by atoms with Gasteiger partial charge in [0.1, 0.15) is 11.4 Å². The molecule has 1 fully saturated rings. The minimum Gasteiger partial charge on any atom is -0.494 e. The molecule has 148 valence electrons. The van der Waals surface area contributed by atoms with E-state index in [1.54, 1.807) is 11.8 Å². The van der Waals surface area contributed by atoms with Crippen LogP contribution >= 0.6 is 11.9 Å². The lowest BCUT2D eigenvalue weighted by Crippen LogP contribution is -2.25. The first-order valence-corrected chi connectivity index (χ1v) is 10.0. The van der Waals surface area contributed by atoms with Crippen LogP contribution in [0.25, 0.3) is 16.7 Å². The highest BCUT2D eigenvalue weighted by atomic mass is 32.2. The highest BCUT2D eigenvalue weighted by molar-refractivity contribution is 8.00. The van der Waals surface area contributed by atoms with Crippen LogP contribution in [0.15, 0.2) is 53.9 Å². The molecular formula is C20H20N6O2S. The van der Waals surface area contributed by atoms with E-state index in [-0.39, 0.29) is 0 Å². The first-order chi connectivity index (χ1) is 14.2. The molecule has 4 aromatic rings. The Morgan fingerprint density at radius 1 is 1.21 bits per heavy atom. The average molecular weight is 408 g/mol. The minimum absolute atomic E-state index is 0.453. The van der Waals surface area contributed by atoms with Gasteiger partial charge in [-0.15, -0.1) is 0 Å². The second-order valence-corrected chi connectivity index (χ2v) is 7.73. The molecule has 0 bridgehead atoms. The summed E-state index contributed by atoms with van der Waals surface area (Å²) in [6, 6.07) is 8.05. The summed E-state index contributed by atoms with van der Waals surface area (Å²) in [5.41, 5.74) is 3.10. The number of nitrogens with one attached hydrogen (secondary N) is 1. The van der Waals surface area contributed by atoms with E-state index < -0.39 is 0 Å². The Hall–Kier alpha value is -3.04. The topological polar surface area (TPSA) is 79.0 Å². The van der Waals surface area contributed by atoms with Gasteiger partial charge in [0.25, 0.3) is 0 Å². The maximum Gasteiger partial charge on any atom is 0.153 e. The van der Waals surface area contributed by atoms with Crippen LogP contribution in [0.3, 0.4) is 0 Å². The van der Waals surface area contributed by atoms with Crippen molar-refractivity contribution in [2.45, 2.75) is 10.8 Å². The molecule has 9 heteroatoms. The van der Waals surface area contributed by atoms with Crippen LogP contribution in [0.2, 0.25) is 0 Å². The Bertz CT molecular complexity index is 1170. The second-order valence-electron chi connectivity index (χ2n) is 6.86. The number of hydrogen-bond acceptors (Lipinski definition) is 7. The number of nitrogens with zero attached hydrogens (tertiary/aromatic N) is 5. The van der Waals surface area contributed by atoms with Gasteiger partial charge in [-0.25, -0.2) is 9.67 Å². The zero-order valence-corrected chi connectivity index (χ0v) is 16.9. The lowest BCUT2D eigenvalue weighted by atomic mass is 9.99. The number of aromatic nitrogens is 5. The quantitative estimate of drug-likeness (QED) is 0.490. The molecule has 0 unspecified atom stereocenters. The highest BCUT2D eigenvalue weighted by Gasteiger charge is 2.21. The predicted octanol–water partition coefficient (Wildman–Crippen LogP) is 3.40. The molecule has 5 rings (SSSR count). The number of fused-ring (bicyclic) bond motifs is 1. The van der Waals surface area contributed by atoms with Gasteiger partial charge in [-0.1, -0.05) is 0 Å². The van der Waals surface area contributed by atoms with Gasteiger partial charge in [-0.3, -0.25) is 4.68 Å². The van der Waals surface area contributed by atoms with Gasteiger partial charge in [0.15, 0.2) is 5.82 Å². The number of rotatable bonds is 6. The van der Waals surface area contributed by atoms with E-state index in [0.717, 1.165) is 46.3 Å². The summed E-state index contributed by atoms with van der Waals surface area (Å²) < 4.78 is 17.9. The number of anilines is 1. The number of methoxy groups -OCH3 is 1. The van der Waals surface area contributed by atoms with E-state index in [9.17, 15) is 0 Å². The second kappa shape index (κ2) is 7.41. The number of hydrogen-bond donors (Lipinski definition) is 1. The maximum atomic E-state index is 5.53. The molecule has 0 amide bonds. The molecule has 1 saturated heterocycles. The van der Waals surface area contributed by atoms with Gasteiger partial charge in [0, 0.05) is 30.7 Å². The van der Waals surface area contributed by atoms with Crippen molar-refractivity contribution in [2.75, 3.05) is 25.0 Å².